The van der Waals surface area contributed by atoms with Gasteiger partial charge in [-0.25, -0.2) is 4.98 Å². The number of carboxylic acids is 1. The predicted molar refractivity (Wildman–Crippen MR) is 82.1 cm³/mol. The summed E-state index contributed by atoms with van der Waals surface area (Å²) in [7, 11) is 0. The molecule has 0 fully saturated rings. The Morgan fingerprint density at radius 2 is 2.05 bits per heavy atom. The molecule has 6 nitrogen and oxygen atoms in total. The molecule has 1 atom stereocenters. The van der Waals surface area contributed by atoms with Gasteiger partial charge in [0.1, 0.15) is 6.04 Å². The third-order valence-electron chi connectivity index (χ3n) is 3.08. The molecule has 114 valence electrons. The second-order valence-corrected chi connectivity index (χ2v) is 6.10. The number of carboxylic acid groups (broad SMARTS) is 1. The zero-order valence-electron chi connectivity index (χ0n) is 12.5. The molecule has 0 aliphatic rings. The lowest BCUT2D eigenvalue weighted by molar-refractivity contribution is -0.138. The average molecular weight is 300 g/mol. The SMILES string of the molecule is CC(C)N(CCNc1nc(C(N)C(=O)O)cs1)C(C)C. The highest BCUT2D eigenvalue weighted by Gasteiger charge is 2.18. The van der Waals surface area contributed by atoms with Gasteiger partial charge in [-0.15, -0.1) is 11.3 Å². The monoisotopic (exact) mass is 300 g/mol. The van der Waals surface area contributed by atoms with E-state index in [1.165, 1.54) is 11.3 Å². The zero-order valence-corrected chi connectivity index (χ0v) is 13.3. The van der Waals surface area contributed by atoms with Gasteiger partial charge in [0.15, 0.2) is 5.13 Å². The quantitative estimate of drug-likeness (QED) is 0.677. The van der Waals surface area contributed by atoms with Gasteiger partial charge in [-0.2, -0.15) is 0 Å². The van der Waals surface area contributed by atoms with Crippen molar-refractivity contribution in [2.45, 2.75) is 45.8 Å². The molecule has 0 spiro atoms. The Kier molecular flexibility index (Phi) is 6.38. The normalized spacial score (nSPS) is 13.2. The summed E-state index contributed by atoms with van der Waals surface area (Å²) in [5.41, 5.74) is 5.91. The molecule has 0 aliphatic carbocycles. The van der Waals surface area contributed by atoms with E-state index in [1.54, 1.807) is 5.38 Å². The number of nitrogens with zero attached hydrogens (tertiary/aromatic N) is 2. The predicted octanol–water partition coefficient (Wildman–Crippen LogP) is 1.76. The molecule has 1 aromatic heterocycles. The number of rotatable bonds is 8. The Morgan fingerprint density at radius 3 is 2.55 bits per heavy atom. The van der Waals surface area contributed by atoms with Crippen LogP contribution in [0.1, 0.15) is 39.4 Å². The zero-order chi connectivity index (χ0) is 15.3. The van der Waals surface area contributed by atoms with Crippen molar-refractivity contribution >= 4 is 22.4 Å². The summed E-state index contributed by atoms with van der Waals surface area (Å²) in [6.07, 6.45) is 0. The first-order chi connectivity index (χ1) is 9.32. The number of thiazole rings is 1. The molecule has 1 rings (SSSR count). The van der Waals surface area contributed by atoms with E-state index in [1.807, 2.05) is 0 Å². The Hall–Kier alpha value is -1.18. The third-order valence-corrected chi connectivity index (χ3v) is 3.90. The van der Waals surface area contributed by atoms with E-state index < -0.39 is 12.0 Å². The maximum atomic E-state index is 10.8. The van der Waals surface area contributed by atoms with Gasteiger partial charge >= 0.3 is 5.97 Å². The van der Waals surface area contributed by atoms with E-state index in [9.17, 15) is 4.79 Å². The summed E-state index contributed by atoms with van der Waals surface area (Å²) in [5, 5.41) is 14.4. The lowest BCUT2D eigenvalue weighted by atomic mass is 10.2. The molecule has 4 N–H and O–H groups in total. The third kappa shape index (κ3) is 4.73. The molecule has 0 saturated heterocycles. The van der Waals surface area contributed by atoms with Crippen LogP contribution in [-0.2, 0) is 4.79 Å². The smallest absolute Gasteiger partial charge is 0.326 e. The van der Waals surface area contributed by atoms with E-state index in [-0.39, 0.29) is 0 Å². The fraction of sp³-hybridized carbons (Fsp3) is 0.692. The fourth-order valence-electron chi connectivity index (χ4n) is 2.04. The Labute approximate surface area is 124 Å². The second kappa shape index (κ2) is 7.56. The summed E-state index contributed by atoms with van der Waals surface area (Å²) in [4.78, 5) is 17.4. The number of aliphatic carboxylic acids is 1. The van der Waals surface area contributed by atoms with Crippen LogP contribution in [0.2, 0.25) is 0 Å². The van der Waals surface area contributed by atoms with Gasteiger partial charge in [0.25, 0.3) is 0 Å². The fourth-order valence-corrected chi connectivity index (χ4v) is 2.82. The van der Waals surface area contributed by atoms with Gasteiger partial charge in [-0.1, -0.05) is 0 Å². The first kappa shape index (κ1) is 16.9. The van der Waals surface area contributed by atoms with Gasteiger partial charge in [0.2, 0.25) is 0 Å². The average Bonchev–Trinajstić information content (AvgIpc) is 2.81. The summed E-state index contributed by atoms with van der Waals surface area (Å²) in [5.74, 6) is -1.06. The Balaban J connectivity index is 2.48. The molecule has 7 heteroatoms. The number of aromatic nitrogens is 1. The highest BCUT2D eigenvalue weighted by Crippen LogP contribution is 2.19. The number of hydrogen-bond acceptors (Lipinski definition) is 6. The number of nitrogens with one attached hydrogen (secondary N) is 1. The maximum absolute atomic E-state index is 10.8. The summed E-state index contributed by atoms with van der Waals surface area (Å²) >= 11 is 1.38. The minimum atomic E-state index is -1.06. The van der Waals surface area contributed by atoms with Crippen LogP contribution in [0.3, 0.4) is 0 Å². The van der Waals surface area contributed by atoms with Crippen molar-refractivity contribution in [3.05, 3.63) is 11.1 Å². The van der Waals surface area contributed by atoms with E-state index >= 15 is 0 Å². The first-order valence-corrected chi connectivity index (χ1v) is 7.64. The standard InChI is InChI=1S/C13H24N4O2S/c1-8(2)17(9(3)4)6-5-15-13-16-10(7-20-13)11(14)12(18)19/h7-9,11H,5-6,14H2,1-4H3,(H,15,16)(H,18,19). The lowest BCUT2D eigenvalue weighted by Gasteiger charge is -2.30. The molecular formula is C13H24N4O2S. The van der Waals surface area contributed by atoms with Crippen LogP contribution in [0, 0.1) is 0 Å². The maximum Gasteiger partial charge on any atom is 0.326 e. The molecule has 1 heterocycles. The topological polar surface area (TPSA) is 91.5 Å². The van der Waals surface area contributed by atoms with Crippen molar-refractivity contribution in [2.24, 2.45) is 5.73 Å². The van der Waals surface area contributed by atoms with Crippen molar-refractivity contribution < 1.29 is 9.90 Å². The summed E-state index contributed by atoms with van der Waals surface area (Å²) in [6, 6.07) is -0.0715. The van der Waals surface area contributed by atoms with Crippen molar-refractivity contribution in [3.63, 3.8) is 0 Å². The number of nitrogens with two attached hydrogens (primary N) is 1. The number of carbonyl (C=O) groups is 1. The molecule has 0 saturated carbocycles. The highest BCUT2D eigenvalue weighted by atomic mass is 32.1. The van der Waals surface area contributed by atoms with Crippen LogP contribution < -0.4 is 11.1 Å². The van der Waals surface area contributed by atoms with Crippen LogP contribution in [0.5, 0.6) is 0 Å². The molecule has 0 amide bonds. The van der Waals surface area contributed by atoms with Crippen molar-refractivity contribution in [2.75, 3.05) is 18.4 Å². The number of hydrogen-bond donors (Lipinski definition) is 3. The van der Waals surface area contributed by atoms with Crippen LogP contribution >= 0.6 is 11.3 Å². The van der Waals surface area contributed by atoms with Gasteiger partial charge in [-0.05, 0) is 27.7 Å². The van der Waals surface area contributed by atoms with Gasteiger partial charge in [0, 0.05) is 30.6 Å². The second-order valence-electron chi connectivity index (χ2n) is 5.25. The molecule has 0 aromatic carbocycles. The largest absolute Gasteiger partial charge is 0.480 e. The molecule has 1 aromatic rings. The van der Waals surface area contributed by atoms with E-state index in [0.29, 0.717) is 22.9 Å². The van der Waals surface area contributed by atoms with Crippen LogP contribution in [-0.4, -0.2) is 46.1 Å². The number of anilines is 1. The van der Waals surface area contributed by atoms with Crippen LogP contribution in [0.4, 0.5) is 5.13 Å². The Bertz CT molecular complexity index is 426. The van der Waals surface area contributed by atoms with Crippen molar-refractivity contribution in [3.8, 4) is 0 Å². The highest BCUT2D eigenvalue weighted by molar-refractivity contribution is 7.13. The summed E-state index contributed by atoms with van der Waals surface area (Å²) < 4.78 is 0. The van der Waals surface area contributed by atoms with E-state index in [4.69, 9.17) is 10.8 Å². The van der Waals surface area contributed by atoms with Crippen LogP contribution in [0.25, 0.3) is 0 Å². The van der Waals surface area contributed by atoms with Gasteiger partial charge < -0.3 is 16.2 Å². The molecular weight excluding hydrogens is 276 g/mol. The minimum absolute atomic E-state index is 0.398. The Morgan fingerprint density at radius 1 is 1.45 bits per heavy atom. The van der Waals surface area contributed by atoms with Crippen LogP contribution in [0.15, 0.2) is 5.38 Å². The van der Waals surface area contributed by atoms with E-state index in [0.717, 1.165) is 13.1 Å². The van der Waals surface area contributed by atoms with Crippen molar-refractivity contribution in [1.82, 2.24) is 9.88 Å². The first-order valence-electron chi connectivity index (χ1n) is 6.76. The lowest BCUT2D eigenvalue weighted by Crippen LogP contribution is -2.40. The molecule has 0 radical (unpaired) electrons. The van der Waals surface area contributed by atoms with Gasteiger partial charge in [-0.3, -0.25) is 9.69 Å². The van der Waals surface area contributed by atoms with Gasteiger partial charge in [0.05, 0.1) is 5.69 Å². The molecule has 20 heavy (non-hydrogen) atoms. The summed E-state index contributed by atoms with van der Waals surface area (Å²) in [6.45, 7) is 10.4. The van der Waals surface area contributed by atoms with Crippen molar-refractivity contribution in [1.29, 1.82) is 0 Å². The molecule has 0 aliphatic heterocycles. The minimum Gasteiger partial charge on any atom is -0.480 e. The van der Waals surface area contributed by atoms with E-state index in [2.05, 4.69) is 42.9 Å². The molecule has 1 unspecified atom stereocenters. The molecule has 0 bridgehead atoms.